The molecule has 1 aromatic rings. The van der Waals surface area contributed by atoms with Crippen LogP contribution in [-0.2, 0) is 0 Å². The number of nitrogens with zero attached hydrogens (tertiary/aromatic N) is 1. The highest BCUT2D eigenvalue weighted by molar-refractivity contribution is 5.97. The maximum atomic E-state index is 13.4. The van der Waals surface area contributed by atoms with Crippen LogP contribution < -0.4 is 10.1 Å². The van der Waals surface area contributed by atoms with Crippen molar-refractivity contribution in [3.05, 3.63) is 29.6 Å². The molecule has 6 heteroatoms. The van der Waals surface area contributed by atoms with Gasteiger partial charge >= 0.3 is 0 Å². The number of hydrogen-bond donors (Lipinski definition) is 1. The highest BCUT2D eigenvalue weighted by atomic mass is 35.5. The number of piperidine rings is 1. The highest BCUT2D eigenvalue weighted by Crippen LogP contribution is 2.28. The molecule has 3 rings (SSSR count). The minimum Gasteiger partial charge on any atom is -0.496 e. The van der Waals surface area contributed by atoms with E-state index in [4.69, 9.17) is 4.74 Å². The monoisotopic (exact) mass is 342 g/mol. The molecule has 0 bridgehead atoms. The van der Waals surface area contributed by atoms with Crippen LogP contribution in [0.5, 0.6) is 5.75 Å². The smallest absolute Gasteiger partial charge is 0.257 e. The Morgan fingerprint density at radius 3 is 2.61 bits per heavy atom. The third-order valence-corrected chi connectivity index (χ3v) is 4.57. The van der Waals surface area contributed by atoms with Crippen molar-refractivity contribution in [2.24, 2.45) is 5.92 Å². The molecule has 2 fully saturated rings. The van der Waals surface area contributed by atoms with Crippen LogP contribution in [-0.4, -0.2) is 43.6 Å². The zero-order valence-electron chi connectivity index (χ0n) is 13.4. The number of amides is 1. The molecule has 0 radical (unpaired) electrons. The van der Waals surface area contributed by atoms with Crippen molar-refractivity contribution >= 4 is 18.3 Å². The first-order valence-electron chi connectivity index (χ1n) is 8.03. The average Bonchev–Trinajstić information content (AvgIpc) is 3.37. The maximum Gasteiger partial charge on any atom is 0.257 e. The summed E-state index contributed by atoms with van der Waals surface area (Å²) in [6, 6.07) is 4.58. The molecule has 1 aliphatic carbocycles. The minimum absolute atomic E-state index is 0. The number of methoxy groups -OCH3 is 1. The molecule has 1 N–H and O–H groups in total. The number of rotatable bonds is 5. The molecule has 0 unspecified atom stereocenters. The lowest BCUT2D eigenvalue weighted by Crippen LogP contribution is -2.45. The van der Waals surface area contributed by atoms with E-state index in [1.165, 1.54) is 38.2 Å². The second-order valence-electron chi connectivity index (χ2n) is 6.26. The van der Waals surface area contributed by atoms with Crippen LogP contribution in [0.1, 0.15) is 36.0 Å². The number of likely N-dealkylation sites (tertiary alicyclic amines) is 1. The van der Waals surface area contributed by atoms with Crippen molar-refractivity contribution in [1.82, 2.24) is 10.2 Å². The molecule has 1 saturated heterocycles. The SMILES string of the molecule is COc1ccc(F)cc1C(=O)N1CCC(NCC2CC2)CC1.Cl. The Kier molecular flexibility index (Phi) is 6.25. The second-order valence-corrected chi connectivity index (χ2v) is 6.26. The zero-order chi connectivity index (χ0) is 15.5. The van der Waals surface area contributed by atoms with Gasteiger partial charge in [-0.15, -0.1) is 12.4 Å². The van der Waals surface area contributed by atoms with Crippen LogP contribution in [0.3, 0.4) is 0 Å². The van der Waals surface area contributed by atoms with Crippen molar-refractivity contribution in [3.8, 4) is 5.75 Å². The predicted octanol–water partition coefficient (Wildman–Crippen LogP) is 2.86. The third-order valence-electron chi connectivity index (χ3n) is 4.57. The lowest BCUT2D eigenvalue weighted by atomic mass is 10.0. The fourth-order valence-corrected chi connectivity index (χ4v) is 2.96. The molecule has 2 aliphatic rings. The Labute approximate surface area is 142 Å². The van der Waals surface area contributed by atoms with Gasteiger partial charge in [0.05, 0.1) is 12.7 Å². The van der Waals surface area contributed by atoms with Crippen molar-refractivity contribution in [3.63, 3.8) is 0 Å². The van der Waals surface area contributed by atoms with E-state index in [0.717, 1.165) is 25.3 Å². The lowest BCUT2D eigenvalue weighted by molar-refractivity contribution is 0.0701. The van der Waals surface area contributed by atoms with Gasteiger partial charge in [0.25, 0.3) is 5.91 Å². The van der Waals surface area contributed by atoms with Crippen LogP contribution in [0.25, 0.3) is 0 Å². The van der Waals surface area contributed by atoms with Crippen LogP contribution in [0.2, 0.25) is 0 Å². The zero-order valence-corrected chi connectivity index (χ0v) is 14.2. The van der Waals surface area contributed by atoms with Gasteiger partial charge in [-0.25, -0.2) is 4.39 Å². The van der Waals surface area contributed by atoms with Crippen LogP contribution in [0.15, 0.2) is 18.2 Å². The first-order valence-corrected chi connectivity index (χ1v) is 8.03. The van der Waals surface area contributed by atoms with E-state index in [9.17, 15) is 9.18 Å². The fraction of sp³-hybridized carbons (Fsp3) is 0.588. The molecule has 1 heterocycles. The summed E-state index contributed by atoms with van der Waals surface area (Å²) in [6.07, 6.45) is 4.61. The molecule has 1 aromatic carbocycles. The number of hydrogen-bond acceptors (Lipinski definition) is 3. The molecule has 1 aliphatic heterocycles. The van der Waals surface area contributed by atoms with Gasteiger partial charge < -0.3 is 15.0 Å². The largest absolute Gasteiger partial charge is 0.496 e. The summed E-state index contributed by atoms with van der Waals surface area (Å²) in [5.41, 5.74) is 0.312. The second kappa shape index (κ2) is 7.97. The molecule has 0 aromatic heterocycles. The highest BCUT2D eigenvalue weighted by Gasteiger charge is 2.27. The summed E-state index contributed by atoms with van der Waals surface area (Å²) < 4.78 is 18.6. The Morgan fingerprint density at radius 1 is 1.30 bits per heavy atom. The number of ether oxygens (including phenoxy) is 1. The third kappa shape index (κ3) is 4.58. The minimum atomic E-state index is -0.412. The Hall–Kier alpha value is -1.33. The molecular formula is C17H24ClFN2O2. The van der Waals surface area contributed by atoms with Gasteiger partial charge in [0.2, 0.25) is 0 Å². The molecule has 0 atom stereocenters. The summed E-state index contributed by atoms with van der Waals surface area (Å²) in [6.45, 7) is 2.53. The molecule has 1 saturated carbocycles. The quantitative estimate of drug-likeness (QED) is 0.894. The summed E-state index contributed by atoms with van der Waals surface area (Å²) in [5.74, 6) is 0.749. The molecule has 128 valence electrons. The summed E-state index contributed by atoms with van der Waals surface area (Å²) in [7, 11) is 1.50. The van der Waals surface area contributed by atoms with Gasteiger partial charge in [0, 0.05) is 19.1 Å². The first kappa shape index (κ1) is 18.0. The lowest BCUT2D eigenvalue weighted by Gasteiger charge is -2.33. The van der Waals surface area contributed by atoms with E-state index < -0.39 is 5.82 Å². The topological polar surface area (TPSA) is 41.6 Å². The van der Waals surface area contributed by atoms with Crippen LogP contribution in [0, 0.1) is 11.7 Å². The van der Waals surface area contributed by atoms with Crippen molar-refractivity contribution in [2.75, 3.05) is 26.7 Å². The summed E-state index contributed by atoms with van der Waals surface area (Å²) in [5, 5.41) is 3.59. The normalized spacial score (nSPS) is 18.4. The standard InChI is InChI=1S/C17H23FN2O2.ClH/c1-22-16-5-4-13(18)10-15(16)17(21)20-8-6-14(7-9-20)19-11-12-2-3-12;/h4-5,10,12,14,19H,2-3,6-9,11H2,1H3;1H. The van der Waals surface area contributed by atoms with E-state index in [0.29, 0.717) is 30.4 Å². The van der Waals surface area contributed by atoms with Gasteiger partial charge in [-0.3, -0.25) is 4.79 Å². The van der Waals surface area contributed by atoms with Crippen LogP contribution >= 0.6 is 12.4 Å². The molecule has 4 nitrogen and oxygen atoms in total. The van der Waals surface area contributed by atoms with Gasteiger partial charge in [-0.1, -0.05) is 0 Å². The predicted molar refractivity (Wildman–Crippen MR) is 89.9 cm³/mol. The summed E-state index contributed by atoms with van der Waals surface area (Å²) >= 11 is 0. The van der Waals surface area contributed by atoms with Crippen molar-refractivity contribution in [2.45, 2.75) is 31.7 Å². The van der Waals surface area contributed by atoms with E-state index in [1.54, 1.807) is 4.90 Å². The molecule has 23 heavy (non-hydrogen) atoms. The first-order chi connectivity index (χ1) is 10.7. The fourth-order valence-electron chi connectivity index (χ4n) is 2.96. The average molecular weight is 343 g/mol. The van der Waals surface area contributed by atoms with Gasteiger partial charge in [-0.2, -0.15) is 0 Å². The van der Waals surface area contributed by atoms with Gasteiger partial charge in [-0.05, 0) is 56.3 Å². The molecular weight excluding hydrogens is 319 g/mol. The van der Waals surface area contributed by atoms with Crippen molar-refractivity contribution < 1.29 is 13.9 Å². The number of carbonyl (C=O) groups is 1. The maximum absolute atomic E-state index is 13.4. The van der Waals surface area contributed by atoms with E-state index in [2.05, 4.69) is 5.32 Å². The van der Waals surface area contributed by atoms with E-state index in [1.807, 2.05) is 0 Å². The number of benzene rings is 1. The van der Waals surface area contributed by atoms with E-state index in [-0.39, 0.29) is 18.3 Å². The summed E-state index contributed by atoms with van der Waals surface area (Å²) in [4.78, 5) is 14.4. The molecule has 1 amide bonds. The number of halogens is 2. The Bertz CT molecular complexity index is 543. The molecule has 0 spiro atoms. The van der Waals surface area contributed by atoms with Gasteiger partial charge in [0.15, 0.2) is 0 Å². The number of nitrogens with one attached hydrogen (secondary N) is 1. The van der Waals surface area contributed by atoms with E-state index >= 15 is 0 Å². The Morgan fingerprint density at radius 2 is 2.00 bits per heavy atom. The van der Waals surface area contributed by atoms with Crippen LogP contribution in [0.4, 0.5) is 4.39 Å². The number of carbonyl (C=O) groups excluding carboxylic acids is 1. The van der Waals surface area contributed by atoms with Crippen molar-refractivity contribution in [1.29, 1.82) is 0 Å². The Balaban J connectivity index is 0.00000192. The van der Waals surface area contributed by atoms with Gasteiger partial charge in [0.1, 0.15) is 11.6 Å².